The van der Waals surface area contributed by atoms with Crippen molar-refractivity contribution in [2.24, 2.45) is 0 Å². The quantitative estimate of drug-likeness (QED) is 0.685. The molecule has 0 bridgehead atoms. The van der Waals surface area contributed by atoms with Crippen LogP contribution in [-0.4, -0.2) is 40.1 Å². The molecule has 0 aliphatic carbocycles. The van der Waals surface area contributed by atoms with Gasteiger partial charge >= 0.3 is 0 Å². The number of hydrogen-bond donors (Lipinski definition) is 1. The standard InChI is InChI=1S/C15H17ClN6O3S/c1-4-22-10(2)14(15(19-22)21-8-17-18-9-21)20-26(23,24)13-7-11(16)5-6-12(13)25-3/h5-9,20H,4H2,1-3H3. The molecule has 3 aromatic rings. The van der Waals surface area contributed by atoms with Gasteiger partial charge in [-0.25, -0.2) is 8.42 Å². The topological polar surface area (TPSA) is 104 Å². The molecule has 138 valence electrons. The summed E-state index contributed by atoms with van der Waals surface area (Å²) < 4.78 is 36.9. The van der Waals surface area contributed by atoms with Crippen molar-refractivity contribution in [1.82, 2.24) is 24.5 Å². The van der Waals surface area contributed by atoms with Crippen LogP contribution >= 0.6 is 11.6 Å². The van der Waals surface area contributed by atoms with Crippen LogP contribution in [0.2, 0.25) is 5.02 Å². The molecule has 26 heavy (non-hydrogen) atoms. The van der Waals surface area contributed by atoms with Crippen molar-refractivity contribution in [3.05, 3.63) is 41.6 Å². The van der Waals surface area contributed by atoms with Crippen LogP contribution in [0, 0.1) is 6.92 Å². The molecule has 0 spiro atoms. The van der Waals surface area contributed by atoms with Gasteiger partial charge in [-0.1, -0.05) is 11.6 Å². The van der Waals surface area contributed by atoms with Crippen LogP contribution in [-0.2, 0) is 16.6 Å². The Labute approximate surface area is 155 Å². The minimum Gasteiger partial charge on any atom is -0.495 e. The van der Waals surface area contributed by atoms with Gasteiger partial charge in [0.25, 0.3) is 10.0 Å². The highest BCUT2D eigenvalue weighted by molar-refractivity contribution is 7.92. The summed E-state index contributed by atoms with van der Waals surface area (Å²) in [6, 6.07) is 4.39. The van der Waals surface area contributed by atoms with Crippen molar-refractivity contribution in [3.63, 3.8) is 0 Å². The minimum atomic E-state index is -3.98. The minimum absolute atomic E-state index is 0.0640. The first-order valence-electron chi connectivity index (χ1n) is 7.66. The summed E-state index contributed by atoms with van der Waals surface area (Å²) in [7, 11) is -2.58. The lowest BCUT2D eigenvalue weighted by atomic mass is 10.3. The lowest BCUT2D eigenvalue weighted by Crippen LogP contribution is -2.16. The average Bonchev–Trinajstić information content (AvgIpc) is 3.24. The Bertz CT molecular complexity index is 1030. The Balaban J connectivity index is 2.11. The highest BCUT2D eigenvalue weighted by Gasteiger charge is 2.25. The second-order valence-electron chi connectivity index (χ2n) is 5.37. The van der Waals surface area contributed by atoms with Crippen LogP contribution < -0.4 is 9.46 Å². The summed E-state index contributed by atoms with van der Waals surface area (Å²) in [5.41, 5.74) is 0.981. The molecule has 0 atom stereocenters. The molecule has 0 fully saturated rings. The van der Waals surface area contributed by atoms with Crippen LogP contribution in [0.4, 0.5) is 5.69 Å². The first-order valence-corrected chi connectivity index (χ1v) is 9.52. The maximum Gasteiger partial charge on any atom is 0.265 e. The number of aryl methyl sites for hydroxylation is 1. The molecule has 3 rings (SSSR count). The van der Waals surface area contributed by atoms with Crippen molar-refractivity contribution >= 4 is 27.3 Å². The van der Waals surface area contributed by atoms with E-state index in [1.807, 2.05) is 6.92 Å². The number of halogens is 1. The summed E-state index contributed by atoms with van der Waals surface area (Å²) in [5.74, 6) is 0.562. The molecule has 2 heterocycles. The Hall–Kier alpha value is -2.59. The maximum atomic E-state index is 13.0. The van der Waals surface area contributed by atoms with Gasteiger partial charge in [-0.05, 0) is 32.0 Å². The normalized spacial score (nSPS) is 11.5. The van der Waals surface area contributed by atoms with Crippen LogP contribution in [0.1, 0.15) is 12.6 Å². The number of hydrogen-bond acceptors (Lipinski definition) is 6. The Kier molecular flexibility index (Phi) is 4.88. The smallest absolute Gasteiger partial charge is 0.265 e. The number of aromatic nitrogens is 5. The van der Waals surface area contributed by atoms with E-state index in [-0.39, 0.29) is 15.7 Å². The summed E-state index contributed by atoms with van der Waals surface area (Å²) in [5, 5.41) is 12.2. The molecule has 0 amide bonds. The molecule has 0 aliphatic heterocycles. The monoisotopic (exact) mass is 396 g/mol. The van der Waals surface area contributed by atoms with Crippen LogP contribution in [0.15, 0.2) is 35.7 Å². The molecule has 0 saturated heterocycles. The van der Waals surface area contributed by atoms with Crippen LogP contribution in [0.5, 0.6) is 5.75 Å². The van der Waals surface area contributed by atoms with Gasteiger partial charge in [-0.2, -0.15) is 5.10 Å². The molecular formula is C15H17ClN6O3S. The van der Waals surface area contributed by atoms with Crippen molar-refractivity contribution < 1.29 is 13.2 Å². The zero-order valence-electron chi connectivity index (χ0n) is 14.3. The lowest BCUT2D eigenvalue weighted by Gasteiger charge is -2.12. The largest absolute Gasteiger partial charge is 0.495 e. The number of sulfonamides is 1. The Morgan fingerprint density at radius 1 is 1.27 bits per heavy atom. The fourth-order valence-electron chi connectivity index (χ4n) is 2.50. The predicted octanol–water partition coefficient (Wildman–Crippen LogP) is 2.25. The predicted molar refractivity (Wildman–Crippen MR) is 96.4 cm³/mol. The van der Waals surface area contributed by atoms with E-state index in [2.05, 4.69) is 20.0 Å². The number of ether oxygens (including phenoxy) is 1. The van der Waals surface area contributed by atoms with E-state index in [9.17, 15) is 8.42 Å². The number of nitrogens with one attached hydrogen (secondary N) is 1. The SMILES string of the molecule is CCn1nc(-n2cnnc2)c(NS(=O)(=O)c2cc(Cl)ccc2OC)c1C. The maximum absolute atomic E-state index is 13.0. The Morgan fingerprint density at radius 3 is 2.58 bits per heavy atom. The van der Waals surface area contributed by atoms with E-state index in [0.717, 1.165) is 0 Å². The van der Waals surface area contributed by atoms with Crippen LogP contribution in [0.3, 0.4) is 0 Å². The van der Waals surface area contributed by atoms with Gasteiger partial charge in [0.05, 0.1) is 12.8 Å². The molecule has 11 heteroatoms. The van der Waals surface area contributed by atoms with Gasteiger partial charge in [-0.15, -0.1) is 10.2 Å². The van der Waals surface area contributed by atoms with Crippen LogP contribution in [0.25, 0.3) is 5.82 Å². The second kappa shape index (κ2) is 6.96. The molecule has 0 unspecified atom stereocenters. The third-order valence-electron chi connectivity index (χ3n) is 3.80. The third-order valence-corrected chi connectivity index (χ3v) is 5.41. The number of nitrogens with zero attached hydrogens (tertiary/aromatic N) is 5. The zero-order valence-corrected chi connectivity index (χ0v) is 15.9. The first kappa shape index (κ1) is 18.2. The average molecular weight is 397 g/mol. The van der Waals surface area contributed by atoms with Gasteiger partial charge in [0.1, 0.15) is 29.0 Å². The van der Waals surface area contributed by atoms with E-state index in [0.29, 0.717) is 23.7 Å². The van der Waals surface area contributed by atoms with Crippen molar-refractivity contribution in [2.45, 2.75) is 25.3 Å². The van der Waals surface area contributed by atoms with Crippen molar-refractivity contribution in [2.75, 3.05) is 11.8 Å². The molecule has 2 aromatic heterocycles. The highest BCUT2D eigenvalue weighted by Crippen LogP contribution is 2.31. The van der Waals surface area contributed by atoms with Gasteiger partial charge in [0, 0.05) is 11.6 Å². The summed E-state index contributed by atoms with van der Waals surface area (Å²) >= 11 is 5.97. The summed E-state index contributed by atoms with van der Waals surface area (Å²) in [6.45, 7) is 4.26. The fraction of sp³-hybridized carbons (Fsp3) is 0.267. The van der Waals surface area contributed by atoms with E-state index in [4.69, 9.17) is 16.3 Å². The molecule has 1 aromatic carbocycles. The summed E-state index contributed by atoms with van der Waals surface area (Å²) in [4.78, 5) is -0.0640. The van der Waals surface area contributed by atoms with Gasteiger partial charge in [0.2, 0.25) is 0 Å². The number of rotatable bonds is 6. The second-order valence-corrected chi connectivity index (χ2v) is 7.46. The van der Waals surface area contributed by atoms with Gasteiger partial charge in [-0.3, -0.25) is 14.0 Å². The highest BCUT2D eigenvalue weighted by atomic mass is 35.5. The molecule has 0 aliphatic rings. The fourth-order valence-corrected chi connectivity index (χ4v) is 4.05. The van der Waals surface area contributed by atoms with Gasteiger partial charge in [0.15, 0.2) is 5.82 Å². The third kappa shape index (κ3) is 3.25. The zero-order chi connectivity index (χ0) is 18.9. The lowest BCUT2D eigenvalue weighted by molar-refractivity contribution is 0.403. The number of benzene rings is 1. The molecule has 0 radical (unpaired) electrons. The molecule has 0 saturated carbocycles. The van der Waals surface area contributed by atoms with E-state index in [1.165, 1.54) is 36.5 Å². The molecular weight excluding hydrogens is 380 g/mol. The van der Waals surface area contributed by atoms with Crippen molar-refractivity contribution in [1.29, 1.82) is 0 Å². The first-order chi connectivity index (χ1) is 12.4. The van der Waals surface area contributed by atoms with Gasteiger partial charge < -0.3 is 4.74 Å². The summed E-state index contributed by atoms with van der Waals surface area (Å²) in [6.07, 6.45) is 2.89. The van der Waals surface area contributed by atoms with E-state index < -0.39 is 10.0 Å². The molecule has 9 nitrogen and oxygen atoms in total. The number of anilines is 1. The van der Waals surface area contributed by atoms with E-state index in [1.54, 1.807) is 17.7 Å². The molecule has 1 N–H and O–H groups in total. The van der Waals surface area contributed by atoms with Crippen molar-refractivity contribution in [3.8, 4) is 11.6 Å². The Morgan fingerprint density at radius 2 is 1.96 bits per heavy atom. The number of methoxy groups -OCH3 is 1. The van der Waals surface area contributed by atoms with E-state index >= 15 is 0 Å².